The van der Waals surface area contributed by atoms with E-state index in [1.54, 1.807) is 0 Å². The quantitative estimate of drug-likeness (QED) is 0.722. The third-order valence-electron chi connectivity index (χ3n) is 1.26. The van der Waals surface area contributed by atoms with E-state index in [0.717, 1.165) is 0 Å². The lowest BCUT2D eigenvalue weighted by atomic mass is 10.2. The third-order valence-corrected chi connectivity index (χ3v) is 1.86. The predicted octanol–water partition coefficient (Wildman–Crippen LogP) is 2.83. The lowest BCUT2D eigenvalue weighted by Gasteiger charge is -2.00. The van der Waals surface area contributed by atoms with Gasteiger partial charge in [0, 0.05) is 0 Å². The molecule has 1 N–H and O–H groups in total. The predicted molar refractivity (Wildman–Crippen MR) is 43.4 cm³/mol. The van der Waals surface area contributed by atoms with Gasteiger partial charge >= 0.3 is 5.97 Å². The number of hydrogen-bond acceptors (Lipinski definition) is 1. The fourth-order valence-electron chi connectivity index (χ4n) is 0.723. The van der Waals surface area contributed by atoms with E-state index in [9.17, 15) is 9.18 Å². The minimum absolute atomic E-state index is 0.163. The van der Waals surface area contributed by atoms with Gasteiger partial charge in [-0.05, 0) is 12.1 Å². The van der Waals surface area contributed by atoms with E-state index >= 15 is 0 Å². The minimum Gasteiger partial charge on any atom is -0.478 e. The molecule has 5 heteroatoms. The number of hydrogen-bond donors (Lipinski definition) is 1. The topological polar surface area (TPSA) is 37.3 Å². The maximum Gasteiger partial charge on any atom is 0.340 e. The van der Waals surface area contributed by atoms with Crippen LogP contribution in [-0.4, -0.2) is 11.1 Å². The molecule has 0 aliphatic carbocycles. The summed E-state index contributed by atoms with van der Waals surface area (Å²) >= 11 is 10.7. The van der Waals surface area contributed by atoms with Crippen molar-refractivity contribution in [1.29, 1.82) is 0 Å². The summed E-state index contributed by atoms with van der Waals surface area (Å²) in [7, 11) is 0. The number of rotatable bonds is 1. The van der Waals surface area contributed by atoms with E-state index in [2.05, 4.69) is 0 Å². The van der Waals surface area contributed by atoms with E-state index < -0.39 is 17.3 Å². The summed E-state index contributed by atoms with van der Waals surface area (Å²) in [5, 5.41) is 8.07. The molecule has 64 valence electrons. The summed E-state index contributed by atoms with van der Waals surface area (Å²) in [6.07, 6.45) is 0. The summed E-state index contributed by atoms with van der Waals surface area (Å²) in [5.74, 6) is -2.43. The lowest BCUT2D eigenvalue weighted by molar-refractivity contribution is 0.0692. The van der Waals surface area contributed by atoms with Crippen LogP contribution in [0.5, 0.6) is 0 Å². The molecule has 1 aromatic carbocycles. The minimum atomic E-state index is -1.43. The van der Waals surface area contributed by atoms with Crippen LogP contribution >= 0.6 is 23.2 Å². The molecule has 0 saturated carbocycles. The molecule has 0 bridgehead atoms. The molecule has 0 aromatic heterocycles. The van der Waals surface area contributed by atoms with Crippen molar-refractivity contribution in [1.82, 2.24) is 0 Å². The maximum absolute atomic E-state index is 12.9. The monoisotopic (exact) mass is 208 g/mol. The Morgan fingerprint density at radius 3 is 2.25 bits per heavy atom. The molecule has 12 heavy (non-hydrogen) atoms. The Balaban J connectivity index is 3.43. The van der Waals surface area contributed by atoms with Crippen LogP contribution in [0.25, 0.3) is 0 Å². The number of aromatic carboxylic acids is 1. The molecule has 0 fully saturated rings. The largest absolute Gasteiger partial charge is 0.478 e. The highest BCUT2D eigenvalue weighted by Crippen LogP contribution is 2.25. The normalized spacial score (nSPS) is 9.92. The summed E-state index contributed by atoms with van der Waals surface area (Å²) < 4.78 is 12.9. The molecule has 0 amide bonds. The van der Waals surface area contributed by atoms with Crippen molar-refractivity contribution in [3.8, 4) is 0 Å². The average Bonchev–Trinajstić information content (AvgIpc) is 1.97. The molecule has 0 unspecified atom stereocenters. The van der Waals surface area contributed by atoms with Crippen molar-refractivity contribution in [2.75, 3.05) is 0 Å². The Kier molecular flexibility index (Phi) is 2.55. The van der Waals surface area contributed by atoms with Gasteiger partial charge in [0.05, 0.1) is 10.0 Å². The highest BCUT2D eigenvalue weighted by Gasteiger charge is 2.17. The molecule has 1 aromatic rings. The Labute approximate surface area is 77.5 Å². The van der Waals surface area contributed by atoms with Crippen LogP contribution in [-0.2, 0) is 0 Å². The van der Waals surface area contributed by atoms with Gasteiger partial charge in [0.25, 0.3) is 0 Å². The first-order valence-electron chi connectivity index (χ1n) is 2.91. The molecule has 0 saturated heterocycles. The number of carboxylic acids is 1. The van der Waals surface area contributed by atoms with Gasteiger partial charge in [-0.3, -0.25) is 0 Å². The zero-order valence-corrected chi connectivity index (χ0v) is 7.16. The Morgan fingerprint density at radius 2 is 1.83 bits per heavy atom. The second kappa shape index (κ2) is 3.29. The molecule has 0 heterocycles. The number of halogens is 3. The van der Waals surface area contributed by atoms with Crippen LogP contribution in [0.1, 0.15) is 10.4 Å². The standard InChI is InChI=1S/C7H3Cl2FO2/c8-3-1-2-4(9)6(10)5(3)7(11)12/h1-2H,(H,11,12). The molecule has 0 aliphatic heterocycles. The van der Waals surface area contributed by atoms with Gasteiger partial charge in [-0.1, -0.05) is 23.2 Å². The molecule has 2 nitrogen and oxygen atoms in total. The first-order chi connectivity index (χ1) is 5.54. The summed E-state index contributed by atoms with van der Waals surface area (Å²) in [4.78, 5) is 10.4. The highest BCUT2D eigenvalue weighted by atomic mass is 35.5. The van der Waals surface area contributed by atoms with Crippen LogP contribution in [0.2, 0.25) is 10.0 Å². The Morgan fingerprint density at radius 1 is 1.33 bits per heavy atom. The molecular weight excluding hydrogens is 206 g/mol. The highest BCUT2D eigenvalue weighted by molar-refractivity contribution is 6.35. The second-order valence-corrected chi connectivity index (χ2v) is 2.84. The maximum atomic E-state index is 12.9. The molecular formula is C7H3Cl2FO2. The number of carbonyl (C=O) groups is 1. The Bertz CT molecular complexity index is 338. The summed E-state index contributed by atoms with van der Waals surface area (Å²) in [6.45, 7) is 0. The van der Waals surface area contributed by atoms with Gasteiger partial charge in [0.2, 0.25) is 0 Å². The fraction of sp³-hybridized carbons (Fsp3) is 0. The van der Waals surface area contributed by atoms with Crippen molar-refractivity contribution in [3.63, 3.8) is 0 Å². The van der Waals surface area contributed by atoms with Crippen molar-refractivity contribution in [2.45, 2.75) is 0 Å². The van der Waals surface area contributed by atoms with Gasteiger partial charge < -0.3 is 5.11 Å². The molecule has 0 radical (unpaired) electrons. The van der Waals surface area contributed by atoms with Crippen LogP contribution in [0.15, 0.2) is 12.1 Å². The van der Waals surface area contributed by atoms with E-state index in [1.165, 1.54) is 12.1 Å². The average molecular weight is 209 g/mol. The first kappa shape index (κ1) is 9.29. The van der Waals surface area contributed by atoms with E-state index in [-0.39, 0.29) is 10.0 Å². The number of benzene rings is 1. The van der Waals surface area contributed by atoms with Crippen molar-refractivity contribution < 1.29 is 14.3 Å². The molecule has 0 spiro atoms. The lowest BCUT2D eigenvalue weighted by Crippen LogP contribution is -2.01. The Hall–Kier alpha value is -0.800. The van der Waals surface area contributed by atoms with Gasteiger partial charge in [0.1, 0.15) is 5.56 Å². The zero-order chi connectivity index (χ0) is 9.30. The van der Waals surface area contributed by atoms with Crippen LogP contribution in [0.4, 0.5) is 4.39 Å². The number of carboxylic acid groups (broad SMARTS) is 1. The third kappa shape index (κ3) is 1.52. The molecule has 0 atom stereocenters. The molecule has 0 aliphatic rings. The summed E-state index contributed by atoms with van der Waals surface area (Å²) in [6, 6.07) is 2.43. The van der Waals surface area contributed by atoms with E-state index in [0.29, 0.717) is 0 Å². The second-order valence-electron chi connectivity index (χ2n) is 2.02. The van der Waals surface area contributed by atoms with Gasteiger partial charge in [-0.15, -0.1) is 0 Å². The van der Waals surface area contributed by atoms with Gasteiger partial charge in [-0.25, -0.2) is 9.18 Å². The SMILES string of the molecule is O=C(O)c1c(Cl)ccc(Cl)c1F. The van der Waals surface area contributed by atoms with E-state index in [4.69, 9.17) is 28.3 Å². The van der Waals surface area contributed by atoms with Crippen molar-refractivity contribution in [2.24, 2.45) is 0 Å². The van der Waals surface area contributed by atoms with E-state index in [1.807, 2.05) is 0 Å². The van der Waals surface area contributed by atoms with Gasteiger partial charge in [-0.2, -0.15) is 0 Å². The first-order valence-corrected chi connectivity index (χ1v) is 3.66. The van der Waals surface area contributed by atoms with Gasteiger partial charge in [0.15, 0.2) is 5.82 Å². The zero-order valence-electron chi connectivity index (χ0n) is 5.64. The smallest absolute Gasteiger partial charge is 0.340 e. The van der Waals surface area contributed by atoms with Crippen molar-refractivity contribution in [3.05, 3.63) is 33.6 Å². The van der Waals surface area contributed by atoms with Crippen LogP contribution in [0, 0.1) is 5.82 Å². The summed E-state index contributed by atoms with van der Waals surface area (Å²) in [5.41, 5.74) is -0.593. The van der Waals surface area contributed by atoms with Crippen LogP contribution < -0.4 is 0 Å². The van der Waals surface area contributed by atoms with Crippen molar-refractivity contribution >= 4 is 29.2 Å². The fourth-order valence-corrected chi connectivity index (χ4v) is 1.11. The van der Waals surface area contributed by atoms with Crippen LogP contribution in [0.3, 0.4) is 0 Å². The molecule has 1 rings (SSSR count).